The molecule has 0 radical (unpaired) electrons. The van der Waals surface area contributed by atoms with Crippen molar-refractivity contribution in [1.82, 2.24) is 15.1 Å². The maximum atomic E-state index is 14.3. The van der Waals surface area contributed by atoms with E-state index in [1.54, 1.807) is 12.1 Å². The second-order valence-corrected chi connectivity index (χ2v) is 8.02. The highest BCUT2D eigenvalue weighted by Crippen LogP contribution is 2.49. The van der Waals surface area contributed by atoms with Crippen molar-refractivity contribution in [3.8, 4) is 0 Å². The van der Waals surface area contributed by atoms with Crippen LogP contribution in [0.1, 0.15) is 45.6 Å². The number of rotatable bonds is 8. The van der Waals surface area contributed by atoms with Gasteiger partial charge >= 0.3 is 0 Å². The summed E-state index contributed by atoms with van der Waals surface area (Å²) in [6, 6.07) is 7.21. The van der Waals surface area contributed by atoms with Crippen LogP contribution in [0.3, 0.4) is 0 Å². The zero-order chi connectivity index (χ0) is 19.3. The van der Waals surface area contributed by atoms with Gasteiger partial charge in [-0.25, -0.2) is 4.39 Å². The number of nitrogens with one attached hydrogen (secondary N) is 1. The van der Waals surface area contributed by atoms with E-state index in [0.717, 1.165) is 57.1 Å². The average Bonchev–Trinajstić information content (AvgIpc) is 3.33. The summed E-state index contributed by atoms with van der Waals surface area (Å²) in [6.45, 7) is 13.7. The number of benzene rings is 1. The van der Waals surface area contributed by atoms with Crippen LogP contribution in [0.5, 0.6) is 0 Å². The van der Waals surface area contributed by atoms with Crippen molar-refractivity contribution in [2.45, 2.75) is 45.4 Å². The van der Waals surface area contributed by atoms with Crippen molar-refractivity contribution >= 4 is 29.9 Å². The monoisotopic (exact) mass is 502 g/mol. The second-order valence-electron chi connectivity index (χ2n) is 8.02. The van der Waals surface area contributed by atoms with E-state index in [4.69, 9.17) is 4.99 Å². The second kappa shape index (κ2) is 10.8. The van der Waals surface area contributed by atoms with Gasteiger partial charge in [0.25, 0.3) is 0 Å². The smallest absolute Gasteiger partial charge is 0.193 e. The van der Waals surface area contributed by atoms with E-state index in [1.165, 1.54) is 13.0 Å². The van der Waals surface area contributed by atoms with Crippen LogP contribution in [0.25, 0.3) is 0 Å². The van der Waals surface area contributed by atoms with Gasteiger partial charge in [-0.1, -0.05) is 32.0 Å². The molecule has 1 aliphatic heterocycles. The van der Waals surface area contributed by atoms with Crippen LogP contribution in [-0.4, -0.2) is 61.6 Å². The van der Waals surface area contributed by atoms with Crippen LogP contribution in [0.4, 0.5) is 4.39 Å². The van der Waals surface area contributed by atoms with Crippen molar-refractivity contribution in [2.75, 3.05) is 45.8 Å². The Hall–Kier alpha value is -0.890. The predicted molar refractivity (Wildman–Crippen MR) is 126 cm³/mol. The highest BCUT2D eigenvalue weighted by atomic mass is 127. The standard InChI is InChI=1S/C22H35FN4.HI/c1-4-24-21(27-14-11-18(16-27)15-26(5-2)6-3)25-17-22(12-13-22)19-9-7-8-10-20(19)23;/h7-10,18H,4-6,11-17H2,1-3H3,(H,24,25);1H. The van der Waals surface area contributed by atoms with Crippen LogP contribution in [0.2, 0.25) is 0 Å². The van der Waals surface area contributed by atoms with Gasteiger partial charge in [0.15, 0.2) is 5.96 Å². The van der Waals surface area contributed by atoms with Gasteiger partial charge in [-0.3, -0.25) is 4.99 Å². The Balaban J connectivity index is 0.00000280. The van der Waals surface area contributed by atoms with Crippen LogP contribution in [0.15, 0.2) is 29.3 Å². The third-order valence-electron chi connectivity index (χ3n) is 6.16. The molecule has 1 aromatic carbocycles. The molecule has 0 aromatic heterocycles. The minimum atomic E-state index is -0.0909. The highest BCUT2D eigenvalue weighted by Gasteiger charge is 2.46. The normalized spacial score (nSPS) is 21.0. The lowest BCUT2D eigenvalue weighted by molar-refractivity contribution is 0.255. The molecule has 0 amide bonds. The van der Waals surface area contributed by atoms with Gasteiger partial charge in [0, 0.05) is 31.6 Å². The van der Waals surface area contributed by atoms with Gasteiger partial charge in [-0.05, 0) is 56.8 Å². The molecule has 1 atom stereocenters. The molecule has 0 bridgehead atoms. The molecule has 1 heterocycles. The zero-order valence-corrected chi connectivity index (χ0v) is 19.9. The minimum Gasteiger partial charge on any atom is -0.357 e. The fraction of sp³-hybridized carbons (Fsp3) is 0.682. The average molecular weight is 502 g/mol. The van der Waals surface area contributed by atoms with E-state index in [9.17, 15) is 4.39 Å². The number of guanidine groups is 1. The molecule has 1 unspecified atom stereocenters. The molecular formula is C22H36FIN4. The number of hydrogen-bond acceptors (Lipinski definition) is 2. The summed E-state index contributed by atoms with van der Waals surface area (Å²) >= 11 is 0. The Bertz CT molecular complexity index is 643. The fourth-order valence-electron chi connectivity index (χ4n) is 4.23. The van der Waals surface area contributed by atoms with E-state index in [0.29, 0.717) is 12.5 Å². The number of likely N-dealkylation sites (tertiary alicyclic amines) is 1. The topological polar surface area (TPSA) is 30.9 Å². The minimum absolute atomic E-state index is 0. The molecule has 2 fully saturated rings. The Morgan fingerprint density at radius 1 is 1.25 bits per heavy atom. The van der Waals surface area contributed by atoms with E-state index in [1.807, 2.05) is 12.1 Å². The molecule has 0 spiro atoms. The summed E-state index contributed by atoms with van der Waals surface area (Å²) in [5.74, 6) is 1.62. The number of halogens is 2. The summed E-state index contributed by atoms with van der Waals surface area (Å²) in [5.41, 5.74) is 0.747. The van der Waals surface area contributed by atoms with Gasteiger partial charge in [0.05, 0.1) is 6.54 Å². The first kappa shape index (κ1) is 23.4. The highest BCUT2D eigenvalue weighted by molar-refractivity contribution is 14.0. The van der Waals surface area contributed by atoms with Crippen LogP contribution in [0, 0.1) is 11.7 Å². The summed E-state index contributed by atoms with van der Waals surface area (Å²) in [6.07, 6.45) is 3.28. The molecule has 1 saturated heterocycles. The Morgan fingerprint density at radius 3 is 2.57 bits per heavy atom. The maximum Gasteiger partial charge on any atom is 0.193 e. The lowest BCUT2D eigenvalue weighted by Gasteiger charge is -2.25. The number of aliphatic imine (C=N–C) groups is 1. The molecule has 28 heavy (non-hydrogen) atoms. The first-order valence-electron chi connectivity index (χ1n) is 10.6. The molecule has 6 heteroatoms. The first-order chi connectivity index (χ1) is 13.1. The Kier molecular flexibility index (Phi) is 8.99. The summed E-state index contributed by atoms with van der Waals surface area (Å²) in [7, 11) is 0. The van der Waals surface area contributed by atoms with Gasteiger partial charge in [0.1, 0.15) is 5.82 Å². The zero-order valence-electron chi connectivity index (χ0n) is 17.6. The molecule has 158 valence electrons. The van der Waals surface area contributed by atoms with E-state index >= 15 is 0 Å². The van der Waals surface area contributed by atoms with Crippen molar-refractivity contribution in [2.24, 2.45) is 10.9 Å². The van der Waals surface area contributed by atoms with Crippen LogP contribution in [-0.2, 0) is 5.41 Å². The van der Waals surface area contributed by atoms with Crippen LogP contribution < -0.4 is 5.32 Å². The van der Waals surface area contributed by atoms with Crippen LogP contribution >= 0.6 is 24.0 Å². The molecule has 2 aliphatic rings. The Labute approximate surface area is 187 Å². The van der Waals surface area contributed by atoms with Crippen molar-refractivity contribution in [3.63, 3.8) is 0 Å². The summed E-state index contributed by atoms with van der Waals surface area (Å²) in [4.78, 5) is 9.86. The quantitative estimate of drug-likeness (QED) is 0.330. The fourth-order valence-corrected chi connectivity index (χ4v) is 4.23. The predicted octanol–water partition coefficient (Wildman–Crippen LogP) is 4.10. The summed E-state index contributed by atoms with van der Waals surface area (Å²) in [5, 5.41) is 3.46. The molecule has 1 aromatic rings. The number of nitrogens with zero attached hydrogens (tertiary/aromatic N) is 3. The lowest BCUT2D eigenvalue weighted by atomic mass is 9.95. The third kappa shape index (κ3) is 5.59. The van der Waals surface area contributed by atoms with Gasteiger partial charge < -0.3 is 15.1 Å². The third-order valence-corrected chi connectivity index (χ3v) is 6.16. The molecule has 1 saturated carbocycles. The van der Waals surface area contributed by atoms with E-state index in [2.05, 4.69) is 35.9 Å². The van der Waals surface area contributed by atoms with Gasteiger partial charge in [0.2, 0.25) is 0 Å². The molecule has 1 N–H and O–H groups in total. The van der Waals surface area contributed by atoms with E-state index in [-0.39, 0.29) is 35.2 Å². The van der Waals surface area contributed by atoms with Gasteiger partial charge in [-0.2, -0.15) is 0 Å². The molecule has 1 aliphatic carbocycles. The summed E-state index contributed by atoms with van der Waals surface area (Å²) < 4.78 is 14.3. The Morgan fingerprint density at radius 2 is 1.96 bits per heavy atom. The molecule has 3 rings (SSSR count). The van der Waals surface area contributed by atoms with Crippen molar-refractivity contribution in [3.05, 3.63) is 35.6 Å². The lowest BCUT2D eigenvalue weighted by Crippen LogP contribution is -2.41. The largest absolute Gasteiger partial charge is 0.357 e. The van der Waals surface area contributed by atoms with Gasteiger partial charge in [-0.15, -0.1) is 24.0 Å². The maximum absolute atomic E-state index is 14.3. The molecular weight excluding hydrogens is 466 g/mol. The molecule has 4 nitrogen and oxygen atoms in total. The first-order valence-corrected chi connectivity index (χ1v) is 10.6. The van der Waals surface area contributed by atoms with E-state index < -0.39 is 0 Å². The number of hydrogen-bond donors (Lipinski definition) is 1. The SMILES string of the molecule is CCNC(=NCC1(c2ccccc2F)CC1)N1CCC(CN(CC)CC)C1.I. The van der Waals surface area contributed by atoms with Crippen molar-refractivity contribution in [1.29, 1.82) is 0 Å². The van der Waals surface area contributed by atoms with Crippen molar-refractivity contribution < 1.29 is 4.39 Å².